The van der Waals surface area contributed by atoms with Gasteiger partial charge in [0, 0.05) is 26.1 Å². The normalized spacial score (nSPS) is 11.3. The average molecular weight is 594 g/mol. The van der Waals surface area contributed by atoms with Gasteiger partial charge in [0.15, 0.2) is 4.34 Å². The van der Waals surface area contributed by atoms with Crippen molar-refractivity contribution in [3.8, 4) is 5.75 Å². The monoisotopic (exact) mass is 593 g/mol. The van der Waals surface area contributed by atoms with Crippen LogP contribution in [0.15, 0.2) is 63.9 Å². The van der Waals surface area contributed by atoms with Gasteiger partial charge in [0.1, 0.15) is 5.75 Å². The van der Waals surface area contributed by atoms with E-state index >= 15 is 0 Å². The molecule has 0 aliphatic rings. The Morgan fingerprint density at radius 3 is 2.91 bits per heavy atom. The van der Waals surface area contributed by atoms with Gasteiger partial charge in [-0.05, 0) is 83.6 Å². The van der Waals surface area contributed by atoms with E-state index in [0.29, 0.717) is 16.3 Å². The van der Waals surface area contributed by atoms with Gasteiger partial charge in [0.25, 0.3) is 0 Å². The Kier molecular flexibility index (Phi) is 7.34. The largest absolute Gasteiger partial charge is 0.507 e. The number of hydrogen-bond donors (Lipinski definition) is 2. The van der Waals surface area contributed by atoms with Crippen molar-refractivity contribution in [1.29, 1.82) is 0 Å². The first kappa shape index (κ1) is 23.0. The molecule has 0 aliphatic carbocycles. The summed E-state index contributed by atoms with van der Waals surface area (Å²) in [4.78, 5) is 21.4. The second-order valence-corrected chi connectivity index (χ2v) is 10.8. The van der Waals surface area contributed by atoms with Crippen molar-refractivity contribution in [2.45, 2.75) is 11.3 Å². The Labute approximate surface area is 212 Å². The summed E-state index contributed by atoms with van der Waals surface area (Å²) in [6, 6.07) is 16.6. The molecule has 2 N–H and O–H groups in total. The van der Waals surface area contributed by atoms with Crippen LogP contribution >= 0.6 is 57.3 Å². The zero-order valence-corrected chi connectivity index (χ0v) is 21.3. The highest BCUT2D eigenvalue weighted by Crippen LogP contribution is 2.32. The number of halogens is 2. The zero-order chi connectivity index (χ0) is 22.7. The number of thiazole rings is 1. The Morgan fingerprint density at radius 1 is 1.25 bits per heavy atom. The predicted molar refractivity (Wildman–Crippen MR) is 143 cm³/mol. The lowest BCUT2D eigenvalue weighted by Crippen LogP contribution is -2.13. The third kappa shape index (κ3) is 5.80. The fourth-order valence-electron chi connectivity index (χ4n) is 2.80. The number of aryl methyl sites for hydroxylation is 1. The molecule has 1 amide bonds. The van der Waals surface area contributed by atoms with Crippen LogP contribution in [0.5, 0.6) is 5.75 Å². The molecule has 0 saturated heterocycles. The number of fused-ring (bicyclic) bond motifs is 1. The Balaban J connectivity index is 1.41. The third-order valence-electron chi connectivity index (χ3n) is 4.48. The van der Waals surface area contributed by atoms with Crippen molar-refractivity contribution in [2.24, 2.45) is 4.99 Å². The third-order valence-corrected chi connectivity index (χ3v) is 7.72. The number of nitrogens with zero attached hydrogens (tertiary/aromatic N) is 2. The van der Waals surface area contributed by atoms with Gasteiger partial charge >= 0.3 is 0 Å². The molecule has 0 saturated carbocycles. The van der Waals surface area contributed by atoms with E-state index in [1.807, 2.05) is 49.4 Å². The highest BCUT2D eigenvalue weighted by molar-refractivity contribution is 14.1. The summed E-state index contributed by atoms with van der Waals surface area (Å²) in [5, 5.41) is 13.4. The number of anilines is 1. The maximum absolute atomic E-state index is 12.3. The van der Waals surface area contributed by atoms with Crippen molar-refractivity contribution >= 4 is 91.0 Å². The van der Waals surface area contributed by atoms with Gasteiger partial charge in [-0.25, -0.2) is 4.98 Å². The number of carbonyl (C=O) groups excluding carboxylic acids is 1. The van der Waals surface area contributed by atoms with Crippen LogP contribution < -0.4 is 5.32 Å². The number of rotatable bonds is 6. The maximum atomic E-state index is 12.3. The van der Waals surface area contributed by atoms with E-state index in [0.717, 1.165) is 29.4 Å². The van der Waals surface area contributed by atoms with E-state index in [-0.39, 0.29) is 17.4 Å². The van der Waals surface area contributed by atoms with E-state index in [1.54, 1.807) is 18.3 Å². The van der Waals surface area contributed by atoms with Crippen LogP contribution in [-0.4, -0.2) is 28.0 Å². The molecule has 32 heavy (non-hydrogen) atoms. The number of aromatic hydroxyl groups is 1. The van der Waals surface area contributed by atoms with Crippen molar-refractivity contribution in [2.75, 3.05) is 11.1 Å². The summed E-state index contributed by atoms with van der Waals surface area (Å²) in [6.45, 7) is 1.92. The van der Waals surface area contributed by atoms with Gasteiger partial charge < -0.3 is 10.4 Å². The first-order valence-corrected chi connectivity index (χ1v) is 12.8. The van der Waals surface area contributed by atoms with E-state index in [9.17, 15) is 9.90 Å². The Morgan fingerprint density at radius 2 is 2.09 bits per heavy atom. The first-order chi connectivity index (χ1) is 15.4. The average Bonchev–Trinajstić information content (AvgIpc) is 3.18. The first-order valence-electron chi connectivity index (χ1n) is 9.49. The summed E-state index contributed by atoms with van der Waals surface area (Å²) < 4.78 is 2.82. The zero-order valence-electron chi connectivity index (χ0n) is 16.8. The van der Waals surface area contributed by atoms with Gasteiger partial charge in [0.2, 0.25) is 5.91 Å². The molecule has 1 heterocycles. The SMILES string of the molecule is Cc1ccc(NC(=O)CSc2nc3ccc(N=Cc4cc(I)ccc4O)cc3s2)cc1Cl. The number of aromatic nitrogens is 1. The van der Waals surface area contributed by atoms with Crippen molar-refractivity contribution in [3.05, 3.63) is 74.3 Å². The smallest absolute Gasteiger partial charge is 0.234 e. The number of carbonyl (C=O) groups is 1. The lowest BCUT2D eigenvalue weighted by molar-refractivity contribution is -0.113. The Hall–Kier alpha value is -2.14. The standard InChI is InChI=1S/C23H17ClIN3O2S2/c1-13-2-4-17(9-18(13)24)27-22(30)12-31-23-28-19-6-5-16(10-21(19)32-23)26-11-14-8-15(25)3-7-20(14)29/h2-11,29H,12H2,1H3,(H,27,30). The van der Waals surface area contributed by atoms with E-state index in [4.69, 9.17) is 11.6 Å². The van der Waals surface area contributed by atoms with Crippen LogP contribution in [0.3, 0.4) is 0 Å². The molecule has 0 radical (unpaired) electrons. The summed E-state index contributed by atoms with van der Waals surface area (Å²) in [6.07, 6.45) is 1.65. The number of thioether (sulfide) groups is 1. The number of hydrogen-bond acceptors (Lipinski definition) is 6. The van der Waals surface area contributed by atoms with Gasteiger partial charge in [-0.15, -0.1) is 11.3 Å². The van der Waals surface area contributed by atoms with E-state index in [1.165, 1.54) is 23.1 Å². The maximum Gasteiger partial charge on any atom is 0.234 e. The van der Waals surface area contributed by atoms with Crippen molar-refractivity contribution in [1.82, 2.24) is 4.98 Å². The quantitative estimate of drug-likeness (QED) is 0.143. The number of nitrogens with one attached hydrogen (secondary N) is 1. The predicted octanol–water partition coefficient (Wildman–Crippen LogP) is 7.05. The molecule has 0 aliphatic heterocycles. The molecule has 0 atom stereocenters. The van der Waals surface area contributed by atoms with Crippen LogP contribution in [0, 0.1) is 10.5 Å². The molecule has 4 aromatic rings. The highest BCUT2D eigenvalue weighted by Gasteiger charge is 2.09. The number of phenols is 1. The summed E-state index contributed by atoms with van der Waals surface area (Å²) in [5.74, 6) is 0.331. The lowest BCUT2D eigenvalue weighted by atomic mass is 10.2. The molecular weight excluding hydrogens is 577 g/mol. The number of phenolic OH excluding ortho intramolecular Hbond substituents is 1. The van der Waals surface area contributed by atoms with Crippen LogP contribution in [0.2, 0.25) is 5.02 Å². The molecular formula is C23H17ClIN3O2S2. The van der Waals surface area contributed by atoms with Crippen molar-refractivity contribution < 1.29 is 9.90 Å². The minimum absolute atomic E-state index is 0.114. The van der Waals surface area contributed by atoms with Crippen molar-refractivity contribution in [3.63, 3.8) is 0 Å². The highest BCUT2D eigenvalue weighted by atomic mass is 127. The molecule has 0 bridgehead atoms. The lowest BCUT2D eigenvalue weighted by Gasteiger charge is -2.06. The van der Waals surface area contributed by atoms with E-state index < -0.39 is 0 Å². The van der Waals surface area contributed by atoms with Gasteiger partial charge in [0.05, 0.1) is 21.7 Å². The second-order valence-electron chi connectivity index (χ2n) is 6.89. The molecule has 1 aromatic heterocycles. The number of amides is 1. The number of aliphatic imine (C=N–C) groups is 1. The molecule has 4 rings (SSSR count). The molecule has 9 heteroatoms. The van der Waals surface area contributed by atoms with Crippen LogP contribution in [0.1, 0.15) is 11.1 Å². The molecule has 5 nitrogen and oxygen atoms in total. The fraction of sp³-hybridized carbons (Fsp3) is 0.0870. The minimum atomic E-state index is -0.114. The molecule has 0 unspecified atom stereocenters. The van der Waals surface area contributed by atoms with Crippen LogP contribution in [0.4, 0.5) is 11.4 Å². The summed E-state index contributed by atoms with van der Waals surface area (Å²) >= 11 is 11.2. The molecule has 0 fully saturated rings. The topological polar surface area (TPSA) is 74.6 Å². The molecule has 0 spiro atoms. The van der Waals surface area contributed by atoms with Crippen LogP contribution in [0.25, 0.3) is 10.2 Å². The summed E-state index contributed by atoms with van der Waals surface area (Å²) in [5.41, 5.74) is 3.94. The Bertz CT molecular complexity index is 1340. The second kappa shape index (κ2) is 10.2. The van der Waals surface area contributed by atoms with Gasteiger partial charge in [-0.1, -0.05) is 29.4 Å². The molecule has 3 aromatic carbocycles. The van der Waals surface area contributed by atoms with Gasteiger partial charge in [-0.2, -0.15) is 0 Å². The van der Waals surface area contributed by atoms with E-state index in [2.05, 4.69) is 37.9 Å². The molecule has 162 valence electrons. The van der Waals surface area contributed by atoms with Gasteiger partial charge in [-0.3, -0.25) is 9.79 Å². The fourth-order valence-corrected chi connectivity index (χ4v) is 5.40. The number of benzene rings is 3. The summed E-state index contributed by atoms with van der Waals surface area (Å²) in [7, 11) is 0. The minimum Gasteiger partial charge on any atom is -0.507 e. The van der Waals surface area contributed by atoms with Crippen LogP contribution in [-0.2, 0) is 4.79 Å².